The van der Waals surface area contributed by atoms with Gasteiger partial charge in [0.1, 0.15) is 19.8 Å². The van der Waals surface area contributed by atoms with E-state index in [1.807, 2.05) is 21.1 Å². The molecule has 0 aliphatic carbocycles. The highest BCUT2D eigenvalue weighted by molar-refractivity contribution is 7.47. The summed E-state index contributed by atoms with van der Waals surface area (Å²) in [7, 11) is 1.39. The minimum Gasteiger partial charge on any atom is -0.462 e. The fraction of sp³-hybridized carbons (Fsp3) is 0.488. The molecule has 10 heteroatoms. The van der Waals surface area contributed by atoms with Gasteiger partial charge >= 0.3 is 19.8 Å². The van der Waals surface area contributed by atoms with Crippen LogP contribution in [0, 0.1) is 0 Å². The molecule has 510 valence electrons. The topological polar surface area (TPSA) is 108 Å². The maximum absolute atomic E-state index is 12.9. The fourth-order valence-corrected chi connectivity index (χ4v) is 8.87. The Bertz CT molecular complexity index is 2450. The highest BCUT2D eigenvalue weighted by Crippen LogP contribution is 2.43. The summed E-state index contributed by atoms with van der Waals surface area (Å²) in [5.41, 5.74) is 0. The van der Waals surface area contributed by atoms with Gasteiger partial charge in [-0.25, -0.2) is 4.57 Å². The van der Waals surface area contributed by atoms with Gasteiger partial charge in [-0.05, 0) is 167 Å². The van der Waals surface area contributed by atoms with Crippen LogP contribution in [-0.2, 0) is 32.7 Å². The summed E-state index contributed by atoms with van der Waals surface area (Å²) in [6.07, 6.45) is 114. The van der Waals surface area contributed by atoms with Crippen molar-refractivity contribution in [2.75, 3.05) is 47.5 Å². The van der Waals surface area contributed by atoms with Crippen LogP contribution in [0.3, 0.4) is 0 Å². The van der Waals surface area contributed by atoms with Crippen LogP contribution in [0.2, 0.25) is 0 Å². The summed E-state index contributed by atoms with van der Waals surface area (Å²) in [6.45, 7) is 4.08. The molecule has 0 aromatic carbocycles. The largest absolute Gasteiger partial charge is 0.472 e. The van der Waals surface area contributed by atoms with Crippen molar-refractivity contribution < 1.29 is 42.1 Å². The van der Waals surface area contributed by atoms with E-state index in [2.05, 4.69) is 257 Å². The van der Waals surface area contributed by atoms with Crippen molar-refractivity contribution in [3.63, 3.8) is 0 Å². The molecular formula is C82H125NO8P+. The first kappa shape index (κ1) is 85.8. The van der Waals surface area contributed by atoms with Crippen molar-refractivity contribution >= 4 is 19.8 Å². The molecule has 0 bridgehead atoms. The third-order valence-corrected chi connectivity index (χ3v) is 14.4. The zero-order valence-electron chi connectivity index (χ0n) is 57.9. The number of ether oxygens (including phenoxy) is 2. The predicted molar refractivity (Wildman–Crippen MR) is 398 cm³/mol. The van der Waals surface area contributed by atoms with Crippen LogP contribution < -0.4 is 0 Å². The molecular weight excluding hydrogens is 1160 g/mol. The summed E-state index contributed by atoms with van der Waals surface area (Å²) in [4.78, 5) is 35.8. The van der Waals surface area contributed by atoms with Gasteiger partial charge in [-0.15, -0.1) is 0 Å². The summed E-state index contributed by atoms with van der Waals surface area (Å²) >= 11 is 0. The highest BCUT2D eigenvalue weighted by atomic mass is 31.2. The number of esters is 2. The van der Waals surface area contributed by atoms with Crippen LogP contribution >= 0.6 is 7.82 Å². The van der Waals surface area contributed by atoms with Gasteiger partial charge in [0.25, 0.3) is 0 Å². The molecule has 0 aromatic rings. The first-order valence-electron chi connectivity index (χ1n) is 34.8. The number of allylic oxidation sites excluding steroid dienone is 40. The Kier molecular flexibility index (Phi) is 64.5. The lowest BCUT2D eigenvalue weighted by molar-refractivity contribution is -0.870. The van der Waals surface area contributed by atoms with Crippen molar-refractivity contribution in [3.8, 4) is 0 Å². The summed E-state index contributed by atoms with van der Waals surface area (Å²) in [6, 6.07) is 0. The molecule has 0 aliphatic heterocycles. The SMILES string of the molecule is CC/C=C\C/C=C\C/C=C\C/C=C\C/C=C\C/C=C\C/C=C\C/C=C\C/C=C\C/C=C\CCCCCCC(=O)OC(COC(=O)CCCC/C=C\C/C=C\C/C=C\C/C=C\C/C=C\C/C=C\C/C=C\C/C=C\C/C=C\C/C=C\CC)COP(=O)(O)OCC[N+](C)(C)C. The Morgan fingerprint density at radius 2 is 0.587 bits per heavy atom. The number of hydrogen-bond donors (Lipinski definition) is 1. The number of phosphoric acid groups is 1. The van der Waals surface area contributed by atoms with Crippen LogP contribution in [0.1, 0.15) is 206 Å². The number of quaternary nitrogens is 1. The fourth-order valence-electron chi connectivity index (χ4n) is 8.13. The second-order valence-electron chi connectivity index (χ2n) is 23.1. The molecule has 0 aliphatic rings. The van der Waals surface area contributed by atoms with E-state index in [4.69, 9.17) is 18.5 Å². The normalized spacial score (nSPS) is 14.6. The molecule has 0 spiro atoms. The lowest BCUT2D eigenvalue weighted by Gasteiger charge is -2.24. The Balaban J connectivity index is 4.32. The quantitative estimate of drug-likeness (QED) is 0.0211. The number of unbranched alkanes of at least 4 members (excludes halogenated alkanes) is 6. The van der Waals surface area contributed by atoms with Gasteiger partial charge in [0.15, 0.2) is 6.10 Å². The van der Waals surface area contributed by atoms with E-state index in [1.165, 1.54) is 0 Å². The van der Waals surface area contributed by atoms with Crippen molar-refractivity contribution in [3.05, 3.63) is 243 Å². The molecule has 0 saturated heterocycles. The lowest BCUT2D eigenvalue weighted by atomic mass is 10.1. The minimum atomic E-state index is -4.43. The molecule has 2 atom stereocenters. The molecule has 0 aromatic heterocycles. The highest BCUT2D eigenvalue weighted by Gasteiger charge is 2.27. The molecule has 0 saturated carbocycles. The molecule has 2 unspecified atom stereocenters. The summed E-state index contributed by atoms with van der Waals surface area (Å²) in [5, 5.41) is 0. The maximum atomic E-state index is 12.9. The predicted octanol–water partition coefficient (Wildman–Crippen LogP) is 23.1. The van der Waals surface area contributed by atoms with Crippen molar-refractivity contribution in [2.45, 2.75) is 213 Å². The number of carbonyl (C=O) groups excluding carboxylic acids is 2. The third-order valence-electron chi connectivity index (χ3n) is 13.4. The molecule has 0 heterocycles. The second kappa shape index (κ2) is 69.2. The van der Waals surface area contributed by atoms with E-state index in [-0.39, 0.29) is 26.1 Å². The van der Waals surface area contributed by atoms with Crippen molar-refractivity contribution in [1.29, 1.82) is 0 Å². The van der Waals surface area contributed by atoms with Gasteiger partial charge in [-0.3, -0.25) is 18.6 Å². The maximum Gasteiger partial charge on any atom is 0.472 e. The lowest BCUT2D eigenvalue weighted by Crippen LogP contribution is -2.37. The Hall–Kier alpha value is -6.19. The van der Waals surface area contributed by atoms with Crippen LogP contribution in [-0.4, -0.2) is 74.9 Å². The average molecular weight is 1280 g/mol. The van der Waals surface area contributed by atoms with E-state index in [0.717, 1.165) is 167 Å². The third kappa shape index (κ3) is 72.9. The van der Waals surface area contributed by atoms with Gasteiger partial charge in [0.05, 0.1) is 27.7 Å². The average Bonchev–Trinajstić information content (AvgIpc) is 2.14. The monoisotopic (exact) mass is 1280 g/mol. The number of carbonyl (C=O) groups is 2. The van der Waals surface area contributed by atoms with Gasteiger partial charge in [-0.1, -0.05) is 270 Å². The van der Waals surface area contributed by atoms with E-state index in [1.54, 1.807) is 0 Å². The summed E-state index contributed by atoms with van der Waals surface area (Å²) < 4.78 is 34.6. The first-order valence-corrected chi connectivity index (χ1v) is 36.3. The van der Waals surface area contributed by atoms with Gasteiger partial charge in [0, 0.05) is 12.8 Å². The molecule has 0 radical (unpaired) electrons. The van der Waals surface area contributed by atoms with Crippen LogP contribution in [0.25, 0.3) is 0 Å². The van der Waals surface area contributed by atoms with Gasteiger partial charge < -0.3 is 18.9 Å². The smallest absolute Gasteiger partial charge is 0.462 e. The Morgan fingerprint density at radius 3 is 0.880 bits per heavy atom. The number of likely N-dealkylation sites (N-methyl/N-ethyl adjacent to an activating group) is 1. The molecule has 0 fully saturated rings. The van der Waals surface area contributed by atoms with E-state index >= 15 is 0 Å². The Morgan fingerprint density at radius 1 is 0.337 bits per heavy atom. The second-order valence-corrected chi connectivity index (χ2v) is 24.5. The van der Waals surface area contributed by atoms with E-state index < -0.39 is 32.5 Å². The number of rotatable bonds is 60. The van der Waals surface area contributed by atoms with E-state index in [9.17, 15) is 19.0 Å². The number of phosphoric ester groups is 1. The summed E-state index contributed by atoms with van der Waals surface area (Å²) in [5.74, 6) is -0.902. The van der Waals surface area contributed by atoms with Crippen LogP contribution in [0.15, 0.2) is 243 Å². The zero-order chi connectivity index (χ0) is 66.9. The first-order chi connectivity index (χ1) is 45.0. The molecule has 0 amide bonds. The Labute approximate surface area is 562 Å². The van der Waals surface area contributed by atoms with Gasteiger partial charge in [0.2, 0.25) is 0 Å². The molecule has 1 N–H and O–H groups in total. The van der Waals surface area contributed by atoms with Crippen LogP contribution in [0.5, 0.6) is 0 Å². The molecule has 92 heavy (non-hydrogen) atoms. The zero-order valence-corrected chi connectivity index (χ0v) is 58.8. The minimum absolute atomic E-state index is 0.00391. The molecule has 9 nitrogen and oxygen atoms in total. The number of hydrogen-bond acceptors (Lipinski definition) is 7. The van der Waals surface area contributed by atoms with Gasteiger partial charge in [-0.2, -0.15) is 0 Å². The van der Waals surface area contributed by atoms with Crippen LogP contribution in [0.4, 0.5) is 0 Å². The molecule has 0 rings (SSSR count). The van der Waals surface area contributed by atoms with Crippen molar-refractivity contribution in [1.82, 2.24) is 0 Å². The standard InChI is InChI=1S/C82H124NO8P/c1-6-8-10-12-14-16-18-20-22-24-26-28-30-32-34-36-38-40-41-43-45-47-49-51-53-55-57-59-61-63-65-67-69-71-73-75-82(85)91-80(79-90-92(86,87)89-77-76-83(3,4)5)78-88-81(84)74-72-70-68-66-64-62-60-58-56-54-52-50-48-46-44-42-39-37-35-33-31-29-27-25-23-21-19-17-15-13-11-9-7-2/h8-11,14-17,20-23,26-29,32-35,38-40,42-43,45-46,48-49,51-52,54-55,57-58,60-61,63-64,66,80H,6-7,12-13,18-19,24-25,30-31,36-37,41,44,47,50,53,56,59,62,65,67-79H2,1-5H3/p+1/b10-8-,11-9-,16-14-,17-15-,22-20-,23-21-,28-26-,29-27-,34-32-,35-33-,40-38-,42-39-,45-43-,48-46-,51-49-,54-52-,57-55-,60-58-,63-61-,66-64-. The number of nitrogens with zero attached hydrogens (tertiary/aromatic N) is 1. The van der Waals surface area contributed by atoms with Crippen molar-refractivity contribution in [2.24, 2.45) is 0 Å². The van der Waals surface area contributed by atoms with E-state index in [0.29, 0.717) is 23.9 Å².